The number of hydrogen-bond donors (Lipinski definition) is 2. The van der Waals surface area contributed by atoms with Gasteiger partial charge >= 0.3 is 12.1 Å². The van der Waals surface area contributed by atoms with Gasteiger partial charge in [0.15, 0.2) is 5.69 Å². The number of fused-ring (bicyclic) bond motifs is 2. The minimum Gasteiger partial charge on any atom is -0.481 e. The number of halogens is 4. The number of rotatable bonds is 7. The third-order valence-corrected chi connectivity index (χ3v) is 10.9. The van der Waals surface area contributed by atoms with Crippen LogP contribution in [0.1, 0.15) is 87.0 Å². The van der Waals surface area contributed by atoms with E-state index in [1.165, 1.54) is 0 Å². The SMILES string of the molecule is CC1(C)[C@@H]2C[C@H](N(CCc3c[nH]c4cccc(Cl)c34)C(=O)c3cnn([C@H]4CC[C@](C)(C(=O)O)CC4)c3C(F)(F)F)C[C@@H]21. The lowest BCUT2D eigenvalue weighted by atomic mass is 9.74. The van der Waals surface area contributed by atoms with Crippen molar-refractivity contribution in [3.05, 3.63) is 52.4 Å². The van der Waals surface area contributed by atoms with E-state index in [1.54, 1.807) is 17.9 Å². The van der Waals surface area contributed by atoms with Gasteiger partial charge in [-0.05, 0) is 86.8 Å². The molecule has 7 nitrogen and oxygen atoms in total. The summed E-state index contributed by atoms with van der Waals surface area (Å²) in [5.74, 6) is -0.695. The number of nitrogens with zero attached hydrogens (tertiary/aromatic N) is 3. The van der Waals surface area contributed by atoms with E-state index < -0.39 is 40.8 Å². The summed E-state index contributed by atoms with van der Waals surface area (Å²) < 4.78 is 44.8. The number of carbonyl (C=O) groups excluding carboxylic acids is 1. The van der Waals surface area contributed by atoms with Crippen LogP contribution in [0, 0.1) is 22.7 Å². The number of nitrogens with one attached hydrogen (secondary N) is 1. The molecule has 42 heavy (non-hydrogen) atoms. The molecule has 2 N–H and O–H groups in total. The molecule has 0 radical (unpaired) electrons. The molecule has 0 aliphatic heterocycles. The number of benzene rings is 1. The first-order chi connectivity index (χ1) is 19.7. The number of H-pyrrole nitrogens is 1. The Bertz CT molecular complexity index is 1520. The highest BCUT2D eigenvalue weighted by molar-refractivity contribution is 6.35. The van der Waals surface area contributed by atoms with Crippen molar-refractivity contribution in [1.82, 2.24) is 19.7 Å². The number of aromatic amines is 1. The fourth-order valence-corrected chi connectivity index (χ4v) is 8.05. The smallest absolute Gasteiger partial charge is 0.433 e. The van der Waals surface area contributed by atoms with E-state index in [2.05, 4.69) is 23.9 Å². The molecular weight excluding hydrogens is 569 g/mol. The van der Waals surface area contributed by atoms with Gasteiger partial charge in [-0.1, -0.05) is 31.5 Å². The van der Waals surface area contributed by atoms with Gasteiger partial charge in [0.25, 0.3) is 5.91 Å². The first-order valence-corrected chi connectivity index (χ1v) is 15.0. The number of amides is 1. The zero-order valence-electron chi connectivity index (χ0n) is 24.0. The van der Waals surface area contributed by atoms with Crippen molar-refractivity contribution in [3.8, 4) is 0 Å². The summed E-state index contributed by atoms with van der Waals surface area (Å²) in [6, 6.07) is 4.77. The summed E-state index contributed by atoms with van der Waals surface area (Å²) in [5.41, 5.74) is -0.479. The summed E-state index contributed by atoms with van der Waals surface area (Å²) in [6.45, 7) is 6.30. The Morgan fingerprint density at radius 2 is 1.83 bits per heavy atom. The van der Waals surface area contributed by atoms with Crippen LogP contribution >= 0.6 is 11.6 Å². The molecular formula is C31H36ClF3N4O3. The second kappa shape index (κ2) is 10.0. The molecule has 3 atom stereocenters. The zero-order valence-corrected chi connectivity index (χ0v) is 24.7. The second-order valence-corrected chi connectivity index (χ2v) is 13.7. The van der Waals surface area contributed by atoms with E-state index in [-0.39, 0.29) is 43.7 Å². The van der Waals surface area contributed by atoms with E-state index in [1.807, 2.05) is 18.3 Å². The Balaban J connectivity index is 1.30. The molecule has 0 spiro atoms. The van der Waals surface area contributed by atoms with Crippen molar-refractivity contribution in [3.63, 3.8) is 0 Å². The molecule has 3 saturated carbocycles. The predicted molar refractivity (Wildman–Crippen MR) is 152 cm³/mol. The van der Waals surface area contributed by atoms with Gasteiger partial charge < -0.3 is 15.0 Å². The van der Waals surface area contributed by atoms with Gasteiger partial charge in [0.05, 0.1) is 28.2 Å². The van der Waals surface area contributed by atoms with Crippen LogP contribution in [0.25, 0.3) is 10.9 Å². The van der Waals surface area contributed by atoms with Crippen LogP contribution in [-0.2, 0) is 17.4 Å². The third-order valence-electron chi connectivity index (χ3n) is 10.6. The number of hydrogen-bond acceptors (Lipinski definition) is 3. The number of carbonyl (C=O) groups is 2. The minimum atomic E-state index is -4.80. The zero-order chi connectivity index (χ0) is 30.2. The van der Waals surface area contributed by atoms with Crippen molar-refractivity contribution >= 4 is 34.4 Å². The van der Waals surface area contributed by atoms with Crippen molar-refractivity contribution in [1.29, 1.82) is 0 Å². The number of alkyl halides is 3. The Kier molecular flexibility index (Phi) is 6.94. The van der Waals surface area contributed by atoms with Gasteiger partial charge in [-0.25, -0.2) is 0 Å². The van der Waals surface area contributed by atoms with Crippen LogP contribution in [0.3, 0.4) is 0 Å². The number of aliphatic carboxylic acids is 1. The second-order valence-electron chi connectivity index (χ2n) is 13.3. The van der Waals surface area contributed by atoms with Crippen LogP contribution in [0.15, 0.2) is 30.6 Å². The van der Waals surface area contributed by atoms with E-state index in [4.69, 9.17) is 11.6 Å². The molecule has 2 heterocycles. The summed E-state index contributed by atoms with van der Waals surface area (Å²) in [5, 5.41) is 15.1. The summed E-state index contributed by atoms with van der Waals surface area (Å²) in [6.07, 6.45) is 1.06. The standard InChI is InChI=1S/C31H36ClF3N4O3/c1-29(2)21-13-19(14-22(21)29)38(12-9-17-15-36-24-6-4-5-23(32)25(17)24)27(40)20-16-37-39(26(20)31(33,34)35)18-7-10-30(3,11-8-18)28(41)42/h4-6,15-16,18-19,21-22,36H,7-14H2,1-3H3,(H,41,42)/t18-,19-,21+,22-,30-. The average molecular weight is 605 g/mol. The van der Waals surface area contributed by atoms with Gasteiger partial charge in [0, 0.05) is 29.7 Å². The Hall–Kier alpha value is -3.01. The van der Waals surface area contributed by atoms with Crippen LogP contribution < -0.4 is 0 Å². The van der Waals surface area contributed by atoms with Crippen molar-refractivity contribution in [2.75, 3.05) is 6.54 Å². The van der Waals surface area contributed by atoms with E-state index in [0.717, 1.165) is 40.2 Å². The van der Waals surface area contributed by atoms with Crippen LogP contribution in [0.2, 0.25) is 5.02 Å². The van der Waals surface area contributed by atoms with Crippen LogP contribution in [0.4, 0.5) is 13.2 Å². The highest BCUT2D eigenvalue weighted by Gasteiger charge is 2.63. The molecule has 6 rings (SSSR count). The van der Waals surface area contributed by atoms with Crippen LogP contribution in [-0.4, -0.2) is 49.2 Å². The largest absolute Gasteiger partial charge is 0.481 e. The van der Waals surface area contributed by atoms with Crippen molar-refractivity contribution in [2.24, 2.45) is 22.7 Å². The monoisotopic (exact) mass is 604 g/mol. The Morgan fingerprint density at radius 3 is 2.45 bits per heavy atom. The van der Waals surface area contributed by atoms with Crippen molar-refractivity contribution in [2.45, 2.75) is 84.0 Å². The highest BCUT2D eigenvalue weighted by Crippen LogP contribution is 2.67. The normalized spacial score (nSPS) is 28.5. The average Bonchev–Trinajstić information content (AvgIpc) is 3.48. The van der Waals surface area contributed by atoms with Gasteiger partial charge in [0.1, 0.15) is 0 Å². The molecule has 0 bridgehead atoms. The Morgan fingerprint density at radius 1 is 1.17 bits per heavy atom. The van der Waals surface area contributed by atoms with Crippen LogP contribution in [0.5, 0.6) is 0 Å². The molecule has 11 heteroatoms. The molecule has 1 amide bonds. The van der Waals surface area contributed by atoms with Gasteiger partial charge in [-0.2, -0.15) is 18.3 Å². The maximum absolute atomic E-state index is 14.6. The lowest BCUT2D eigenvalue weighted by molar-refractivity contribution is -0.152. The lowest BCUT2D eigenvalue weighted by Crippen LogP contribution is -2.42. The highest BCUT2D eigenvalue weighted by atomic mass is 35.5. The summed E-state index contributed by atoms with van der Waals surface area (Å²) >= 11 is 6.47. The number of aromatic nitrogens is 3. The van der Waals surface area contributed by atoms with Gasteiger partial charge in [0.2, 0.25) is 0 Å². The maximum atomic E-state index is 14.6. The van der Waals surface area contributed by atoms with Gasteiger partial charge in [-0.3, -0.25) is 14.3 Å². The van der Waals surface area contributed by atoms with Crippen molar-refractivity contribution < 1.29 is 27.9 Å². The lowest BCUT2D eigenvalue weighted by Gasteiger charge is -2.35. The fraction of sp³-hybridized carbons (Fsp3) is 0.581. The molecule has 0 unspecified atom stereocenters. The molecule has 1 aromatic carbocycles. The molecule has 3 aromatic rings. The molecule has 0 saturated heterocycles. The summed E-state index contributed by atoms with van der Waals surface area (Å²) in [4.78, 5) is 30.6. The molecule has 3 aliphatic carbocycles. The Labute approximate surface area is 247 Å². The first-order valence-electron chi connectivity index (χ1n) is 14.7. The fourth-order valence-electron chi connectivity index (χ4n) is 7.76. The minimum absolute atomic E-state index is 0.156. The van der Waals surface area contributed by atoms with Gasteiger partial charge in [-0.15, -0.1) is 0 Å². The quantitative estimate of drug-likeness (QED) is 0.295. The number of carboxylic acid groups (broad SMARTS) is 1. The van der Waals surface area contributed by atoms with E-state index >= 15 is 0 Å². The molecule has 226 valence electrons. The number of carboxylic acids is 1. The first kappa shape index (κ1) is 29.1. The topological polar surface area (TPSA) is 91.2 Å². The molecule has 3 aliphatic rings. The maximum Gasteiger partial charge on any atom is 0.433 e. The predicted octanol–water partition coefficient (Wildman–Crippen LogP) is 7.36. The molecule has 2 aromatic heterocycles. The van der Waals surface area contributed by atoms with E-state index in [9.17, 15) is 27.9 Å². The molecule has 3 fully saturated rings. The third kappa shape index (κ3) is 4.79. The summed E-state index contributed by atoms with van der Waals surface area (Å²) in [7, 11) is 0. The van der Waals surface area contributed by atoms with E-state index in [0.29, 0.717) is 23.3 Å².